The van der Waals surface area contributed by atoms with Crippen molar-refractivity contribution in [3.05, 3.63) is 107 Å². The maximum Gasteiger partial charge on any atom is 0.490 e. The maximum absolute atomic E-state index is 12.9. The molecule has 3 aliphatic rings. The monoisotopic (exact) mass is 1370 g/mol. The highest BCUT2D eigenvalue weighted by molar-refractivity contribution is 7.86. The highest BCUT2D eigenvalue weighted by atomic mass is 32.2. The van der Waals surface area contributed by atoms with Gasteiger partial charge in [-0.3, -0.25) is 27.5 Å². The molecule has 0 radical (unpaired) electrons. The van der Waals surface area contributed by atoms with Gasteiger partial charge in [0.2, 0.25) is 11.6 Å². The molecule has 7 rings (SSSR count). The van der Waals surface area contributed by atoms with E-state index in [0.717, 1.165) is 28.3 Å². The molecule has 0 aliphatic carbocycles. The summed E-state index contributed by atoms with van der Waals surface area (Å²) in [5.74, 6) is -0.0840. The molecule has 2 aromatic carbocycles. The van der Waals surface area contributed by atoms with E-state index < -0.39 is 92.3 Å². The van der Waals surface area contributed by atoms with Crippen LogP contribution in [0.3, 0.4) is 0 Å². The van der Waals surface area contributed by atoms with Crippen LogP contribution in [-0.4, -0.2) is 146 Å². The Morgan fingerprint density at radius 1 is 0.824 bits per heavy atom. The van der Waals surface area contributed by atoms with Crippen LogP contribution in [0.25, 0.3) is 21.6 Å². The van der Waals surface area contributed by atoms with Crippen molar-refractivity contribution < 1.29 is 95.9 Å². The van der Waals surface area contributed by atoms with E-state index in [1.807, 2.05) is 65.0 Å². The van der Waals surface area contributed by atoms with E-state index in [4.69, 9.17) is 25.3 Å². The third-order valence-electron chi connectivity index (χ3n) is 15.6. The number of aliphatic hydroxyl groups is 1. The normalized spacial score (nSPS) is 21.3. The Balaban J connectivity index is 0.872. The van der Waals surface area contributed by atoms with E-state index in [0.29, 0.717) is 89.4 Å². The first-order valence-corrected chi connectivity index (χ1v) is 36.8. The molecule has 4 aromatic rings. The summed E-state index contributed by atoms with van der Waals surface area (Å²) in [6.45, 7) is 10.5. The summed E-state index contributed by atoms with van der Waals surface area (Å²) in [7, 11) is -25.6. The number of aromatic nitrogens is 4. The van der Waals surface area contributed by atoms with E-state index in [1.165, 1.54) is 41.5 Å². The lowest BCUT2D eigenvalue weighted by Crippen LogP contribution is -2.36. The summed E-state index contributed by atoms with van der Waals surface area (Å²) in [4.78, 5) is 60.1. The number of unbranched alkanes of at least 4 members (excludes halogenated alkanes) is 8. The van der Waals surface area contributed by atoms with Crippen molar-refractivity contribution in [2.24, 2.45) is 5.11 Å². The molecule has 36 heteroatoms. The van der Waals surface area contributed by atoms with Crippen LogP contribution in [0, 0.1) is 0 Å². The number of rotatable bonds is 36. The second-order valence-electron chi connectivity index (χ2n) is 22.8. The molecule has 0 bridgehead atoms. The Morgan fingerprint density at radius 2 is 1.47 bits per heavy atom. The van der Waals surface area contributed by atoms with Crippen molar-refractivity contribution in [2.75, 3.05) is 56.6 Å². The van der Waals surface area contributed by atoms with Crippen LogP contribution in [-0.2, 0) is 76.7 Å². The molecule has 91 heavy (non-hydrogen) atoms. The smallest absolute Gasteiger partial charge is 0.386 e. The zero-order valence-electron chi connectivity index (χ0n) is 50.9. The number of amides is 1. The quantitative estimate of drug-likeness (QED) is 0.00308. The number of nitrogen functional groups attached to an aromatic ring is 1. The molecule has 500 valence electrons. The number of benzene rings is 2. The number of hydrogen-bond acceptors (Lipinski definition) is 21. The number of phosphoric ester groups is 2. The molecular formula is C55H79N11O20P3S2+. The fraction of sp³-hybridized carbons (Fsp3) is 0.545. The van der Waals surface area contributed by atoms with Crippen molar-refractivity contribution in [3.8, 4) is 0 Å². The standard InChI is InChI=1S/C55H78N11O20P3S2/c1-6-64-42-26-24-38(90(75,76)77)33-40(42)54(2,3)45(64)21-13-11-14-22-46-55(4,5)41-34-39(91(78,79)80)25-27-43(41)65(46)30-18-12-15-23-47(67)58-28-16-7-9-19-31-81-50-44(84-53(49(50)68)66-37-61-48-51(56)59-36-60-52(48)66)35-83-88(71,72)86-89(73,74)85-87(69,70)82-32-20-10-8-17-29-62-63-57/h11,13-14,21-22,24-27,33-34,36-37,44,49-50,53,68H,6-10,12,15-20,23,28-32,35H2,1-5H3,(H7-,56,58,59,60,67,69,70,71,72,73,74,75,76,77,78,79,80)/p+1/t44-,49-,50-,53-/m1/s1. The largest absolute Gasteiger partial charge is 0.490 e. The van der Waals surface area contributed by atoms with Gasteiger partial charge in [0, 0.05) is 78.5 Å². The number of nitrogens with one attached hydrogen (secondary N) is 1. The Labute approximate surface area is 527 Å². The SMILES string of the molecule is CCN1/C(=C/C=C/C=C/C2=[N+](CCCCCC(=O)NCCCCCCO[C@H]3[C@@H](O)[C@H](n4cnc5c(N)ncnc54)O[C@@H]3COP(=O)(O)OP(=O)(O)OP(=O)(O)OCCCCCCN=[N+]=[N-])c3ccc(S(=O)(=O)O)cc3C2(C)C)C(C)(C)c2cc(S(=O)(=O)O)ccc21. The molecule has 31 nitrogen and oxygen atoms in total. The van der Waals surface area contributed by atoms with Gasteiger partial charge < -0.3 is 45.2 Å². The maximum atomic E-state index is 12.9. The number of hydrogen-bond donors (Lipinski definition) is 8. The summed E-state index contributed by atoms with van der Waals surface area (Å²) in [6, 6.07) is 9.14. The number of azide groups is 1. The Kier molecular flexibility index (Phi) is 24.9. The van der Waals surface area contributed by atoms with Gasteiger partial charge in [0.15, 0.2) is 23.4 Å². The van der Waals surface area contributed by atoms with Crippen LogP contribution in [0.2, 0.25) is 0 Å². The van der Waals surface area contributed by atoms with E-state index >= 15 is 0 Å². The second kappa shape index (κ2) is 31.1. The number of ether oxygens (including phenoxy) is 2. The average Bonchev–Trinajstić information content (AvgIpc) is 1.62. The Morgan fingerprint density at radius 3 is 2.16 bits per heavy atom. The van der Waals surface area contributed by atoms with Crippen molar-refractivity contribution in [2.45, 2.75) is 157 Å². The van der Waals surface area contributed by atoms with Crippen LogP contribution < -0.4 is 16.0 Å². The van der Waals surface area contributed by atoms with Gasteiger partial charge >= 0.3 is 23.5 Å². The van der Waals surface area contributed by atoms with E-state index in [-0.39, 0.29) is 58.7 Å². The summed E-state index contributed by atoms with van der Waals surface area (Å²) < 4.78 is 140. The number of fused-ring (bicyclic) bond motifs is 3. The topological polar surface area (TPSA) is 450 Å². The first-order valence-electron chi connectivity index (χ1n) is 29.4. The zero-order valence-corrected chi connectivity index (χ0v) is 55.2. The zero-order chi connectivity index (χ0) is 66.6. The van der Waals surface area contributed by atoms with Crippen molar-refractivity contribution in [1.82, 2.24) is 24.8 Å². The molecule has 7 atom stereocenters. The summed E-state index contributed by atoms with van der Waals surface area (Å²) in [6.07, 6.45) is 13.1. The predicted molar refractivity (Wildman–Crippen MR) is 333 cm³/mol. The van der Waals surface area contributed by atoms with Crippen LogP contribution in [0.1, 0.15) is 129 Å². The molecular weight excluding hydrogens is 1290 g/mol. The molecule has 5 heterocycles. The number of phosphoric acid groups is 3. The van der Waals surface area contributed by atoms with Crippen molar-refractivity contribution in [3.63, 3.8) is 0 Å². The number of nitrogens with zero attached hydrogens (tertiary/aromatic N) is 9. The number of likely N-dealkylation sites (N-methyl/N-ethyl adjacent to an activating group) is 1. The molecule has 0 saturated carbocycles. The lowest BCUT2D eigenvalue weighted by Gasteiger charge is -2.25. The van der Waals surface area contributed by atoms with Crippen LogP contribution in [0.5, 0.6) is 0 Å². The highest BCUT2D eigenvalue weighted by Gasteiger charge is 2.49. The number of carbonyl (C=O) groups excluding carboxylic acids is 1. The number of anilines is 2. The number of carbonyl (C=O) groups is 1. The highest BCUT2D eigenvalue weighted by Crippen LogP contribution is 2.68. The number of imidazole rings is 1. The predicted octanol–water partition coefficient (Wildman–Crippen LogP) is 8.91. The van der Waals surface area contributed by atoms with Gasteiger partial charge in [0.1, 0.15) is 36.7 Å². The molecule has 1 fully saturated rings. The molecule has 1 saturated heterocycles. The van der Waals surface area contributed by atoms with Gasteiger partial charge in [-0.15, -0.1) is 0 Å². The minimum Gasteiger partial charge on any atom is -0.386 e. The summed E-state index contributed by atoms with van der Waals surface area (Å²) in [5.41, 5.74) is 18.3. The van der Waals surface area contributed by atoms with Crippen LogP contribution in [0.4, 0.5) is 17.2 Å². The fourth-order valence-corrected chi connectivity index (χ4v) is 15.7. The number of nitrogens with two attached hydrogens (primary N) is 1. The summed E-state index contributed by atoms with van der Waals surface area (Å²) >= 11 is 0. The van der Waals surface area contributed by atoms with Gasteiger partial charge in [0.25, 0.3) is 20.2 Å². The van der Waals surface area contributed by atoms with Gasteiger partial charge in [-0.05, 0) is 107 Å². The fourth-order valence-electron chi connectivity index (χ4n) is 11.1. The molecule has 0 spiro atoms. The average molecular weight is 1370 g/mol. The first kappa shape index (κ1) is 72.8. The van der Waals surface area contributed by atoms with E-state index in [9.17, 15) is 64.2 Å². The van der Waals surface area contributed by atoms with Gasteiger partial charge in [0.05, 0.1) is 34.7 Å². The first-order chi connectivity index (χ1) is 42.8. The van der Waals surface area contributed by atoms with Crippen molar-refractivity contribution in [1.29, 1.82) is 0 Å². The van der Waals surface area contributed by atoms with Crippen molar-refractivity contribution >= 4 is 83.7 Å². The van der Waals surface area contributed by atoms with E-state index in [1.54, 1.807) is 12.1 Å². The lowest BCUT2D eigenvalue weighted by atomic mass is 9.81. The molecule has 2 aromatic heterocycles. The van der Waals surface area contributed by atoms with Crippen LogP contribution >= 0.6 is 23.5 Å². The Hall–Kier alpha value is -5.63. The Bertz CT molecular complexity index is 3840. The number of allylic oxidation sites excluding steroid dienone is 6. The second-order valence-corrected chi connectivity index (χ2v) is 30.2. The third kappa shape index (κ3) is 19.0. The lowest BCUT2D eigenvalue weighted by molar-refractivity contribution is -0.438. The third-order valence-corrected chi connectivity index (χ3v) is 21.6. The molecule has 9 N–H and O–H groups in total. The molecule has 3 aliphatic heterocycles. The van der Waals surface area contributed by atoms with Gasteiger partial charge in [-0.2, -0.15) is 30.0 Å². The van der Waals surface area contributed by atoms with Crippen LogP contribution in [0.15, 0.2) is 100 Å². The minimum absolute atomic E-state index is 0.0347. The number of aliphatic hydroxyl groups excluding tert-OH is 1. The van der Waals surface area contributed by atoms with E-state index in [2.05, 4.69) is 52.9 Å². The molecule has 1 amide bonds. The molecule has 3 unspecified atom stereocenters. The van der Waals surface area contributed by atoms with Gasteiger partial charge in [-0.1, -0.05) is 62.9 Å². The van der Waals surface area contributed by atoms with Gasteiger partial charge in [-0.25, -0.2) is 28.6 Å². The summed E-state index contributed by atoms with van der Waals surface area (Å²) in [5, 5.41) is 17.9. The minimum atomic E-state index is -5.81.